The zero-order chi connectivity index (χ0) is 22.4. The lowest BCUT2D eigenvalue weighted by atomic mass is 10.1. The Morgan fingerprint density at radius 2 is 1.84 bits per heavy atom. The minimum atomic E-state index is -0.423. The lowest BCUT2D eigenvalue weighted by molar-refractivity contribution is -0.113. The van der Waals surface area contributed by atoms with Crippen molar-refractivity contribution in [1.82, 2.24) is 14.8 Å². The van der Waals surface area contributed by atoms with Crippen LogP contribution in [0.25, 0.3) is 0 Å². The second-order valence-electron chi connectivity index (χ2n) is 6.92. The molecule has 1 amide bonds. The number of aromatic nitrogens is 3. The standard InChI is InChI=1S/C22H24N4O4S/c1-14-5-10-18(15(2)11-14)30-12-19-24-25-22(26(19)3)31-13-20(27)23-17-8-6-16(7-9-17)21(28)29-4/h5-11H,12-13H2,1-4H3,(H,23,27). The van der Waals surface area contributed by atoms with E-state index in [1.165, 1.54) is 24.4 Å². The molecule has 9 heteroatoms. The van der Waals surface area contributed by atoms with Gasteiger partial charge in [0.25, 0.3) is 0 Å². The van der Waals surface area contributed by atoms with Crippen LogP contribution in [0.1, 0.15) is 27.3 Å². The van der Waals surface area contributed by atoms with Crippen LogP contribution in [0, 0.1) is 13.8 Å². The summed E-state index contributed by atoms with van der Waals surface area (Å²) in [5.74, 6) is 1.03. The van der Waals surface area contributed by atoms with Crippen molar-refractivity contribution < 1.29 is 19.1 Å². The van der Waals surface area contributed by atoms with Crippen LogP contribution in [0.2, 0.25) is 0 Å². The number of amides is 1. The molecule has 0 atom stereocenters. The zero-order valence-electron chi connectivity index (χ0n) is 17.8. The van der Waals surface area contributed by atoms with Gasteiger partial charge in [0.2, 0.25) is 5.91 Å². The van der Waals surface area contributed by atoms with Crippen molar-refractivity contribution in [1.29, 1.82) is 0 Å². The first kappa shape index (κ1) is 22.4. The highest BCUT2D eigenvalue weighted by Gasteiger charge is 2.13. The van der Waals surface area contributed by atoms with Gasteiger partial charge >= 0.3 is 5.97 Å². The lowest BCUT2D eigenvalue weighted by Gasteiger charge is -2.09. The summed E-state index contributed by atoms with van der Waals surface area (Å²) in [5, 5.41) is 11.7. The zero-order valence-corrected chi connectivity index (χ0v) is 18.7. The van der Waals surface area contributed by atoms with E-state index in [0.717, 1.165) is 11.3 Å². The molecule has 0 saturated heterocycles. The van der Waals surface area contributed by atoms with Crippen LogP contribution in [0.15, 0.2) is 47.6 Å². The van der Waals surface area contributed by atoms with Crippen molar-refractivity contribution in [2.45, 2.75) is 25.6 Å². The van der Waals surface area contributed by atoms with Gasteiger partial charge in [-0.15, -0.1) is 10.2 Å². The van der Waals surface area contributed by atoms with Gasteiger partial charge in [0, 0.05) is 12.7 Å². The van der Waals surface area contributed by atoms with Crippen molar-refractivity contribution in [3.63, 3.8) is 0 Å². The summed E-state index contributed by atoms with van der Waals surface area (Å²) in [6.45, 7) is 4.32. The van der Waals surface area contributed by atoms with E-state index in [9.17, 15) is 9.59 Å². The highest BCUT2D eigenvalue weighted by Crippen LogP contribution is 2.21. The predicted molar refractivity (Wildman–Crippen MR) is 118 cm³/mol. The number of ether oxygens (including phenoxy) is 2. The second-order valence-corrected chi connectivity index (χ2v) is 7.86. The summed E-state index contributed by atoms with van der Waals surface area (Å²) in [6, 6.07) is 12.5. The summed E-state index contributed by atoms with van der Waals surface area (Å²) in [4.78, 5) is 23.7. The molecule has 0 aliphatic rings. The highest BCUT2D eigenvalue weighted by atomic mass is 32.2. The fourth-order valence-electron chi connectivity index (χ4n) is 2.83. The Kier molecular flexibility index (Phi) is 7.30. The molecule has 0 unspecified atom stereocenters. The van der Waals surface area contributed by atoms with Gasteiger partial charge in [-0.05, 0) is 49.7 Å². The van der Waals surface area contributed by atoms with E-state index in [1.54, 1.807) is 24.3 Å². The Labute approximate surface area is 185 Å². The monoisotopic (exact) mass is 440 g/mol. The number of aryl methyl sites for hydroxylation is 2. The lowest BCUT2D eigenvalue weighted by Crippen LogP contribution is -2.14. The van der Waals surface area contributed by atoms with E-state index in [1.807, 2.05) is 37.6 Å². The molecule has 8 nitrogen and oxygen atoms in total. The molecule has 162 valence electrons. The number of hydrogen-bond donors (Lipinski definition) is 1. The molecule has 0 spiro atoms. The first-order valence-electron chi connectivity index (χ1n) is 9.56. The number of anilines is 1. The quantitative estimate of drug-likeness (QED) is 0.423. The molecule has 1 aromatic heterocycles. The fraction of sp³-hybridized carbons (Fsp3) is 0.273. The van der Waals surface area contributed by atoms with Crippen molar-refractivity contribution in [3.8, 4) is 5.75 Å². The molecule has 3 aromatic rings. The second kappa shape index (κ2) is 10.1. The molecule has 0 radical (unpaired) electrons. The molecule has 0 aliphatic heterocycles. The molecule has 0 aliphatic carbocycles. The van der Waals surface area contributed by atoms with Gasteiger partial charge < -0.3 is 19.4 Å². The van der Waals surface area contributed by atoms with E-state index in [4.69, 9.17) is 4.74 Å². The summed E-state index contributed by atoms with van der Waals surface area (Å²) >= 11 is 1.28. The largest absolute Gasteiger partial charge is 0.485 e. The molecule has 0 saturated carbocycles. The first-order valence-corrected chi connectivity index (χ1v) is 10.5. The normalized spacial score (nSPS) is 10.6. The Balaban J connectivity index is 1.52. The molecule has 0 bridgehead atoms. The van der Waals surface area contributed by atoms with Gasteiger partial charge in [-0.1, -0.05) is 29.5 Å². The molecular weight excluding hydrogens is 416 g/mol. The fourth-order valence-corrected chi connectivity index (χ4v) is 3.56. The van der Waals surface area contributed by atoms with Crippen molar-refractivity contribution in [2.24, 2.45) is 7.05 Å². The number of thioether (sulfide) groups is 1. The third kappa shape index (κ3) is 5.85. The summed E-state index contributed by atoms with van der Waals surface area (Å²) < 4.78 is 12.3. The van der Waals surface area contributed by atoms with E-state index >= 15 is 0 Å². The number of nitrogens with zero attached hydrogens (tertiary/aromatic N) is 3. The topological polar surface area (TPSA) is 95.3 Å². The summed E-state index contributed by atoms with van der Waals surface area (Å²) in [6.07, 6.45) is 0. The highest BCUT2D eigenvalue weighted by molar-refractivity contribution is 7.99. The number of esters is 1. The number of carbonyl (C=O) groups is 2. The molecule has 31 heavy (non-hydrogen) atoms. The van der Waals surface area contributed by atoms with Gasteiger partial charge in [0.05, 0.1) is 18.4 Å². The minimum Gasteiger partial charge on any atom is -0.485 e. The van der Waals surface area contributed by atoms with Crippen LogP contribution in [0.4, 0.5) is 5.69 Å². The van der Waals surface area contributed by atoms with Gasteiger partial charge in [0.15, 0.2) is 11.0 Å². The van der Waals surface area contributed by atoms with Gasteiger partial charge in [-0.2, -0.15) is 0 Å². The number of benzene rings is 2. The maximum absolute atomic E-state index is 12.2. The summed E-state index contributed by atoms with van der Waals surface area (Å²) in [7, 11) is 3.16. The first-order chi connectivity index (χ1) is 14.9. The van der Waals surface area contributed by atoms with E-state index in [2.05, 4.69) is 26.3 Å². The van der Waals surface area contributed by atoms with E-state index < -0.39 is 5.97 Å². The number of rotatable bonds is 8. The Morgan fingerprint density at radius 1 is 1.10 bits per heavy atom. The van der Waals surface area contributed by atoms with E-state index in [-0.39, 0.29) is 18.3 Å². The molecule has 0 fully saturated rings. The van der Waals surface area contributed by atoms with E-state index in [0.29, 0.717) is 22.2 Å². The molecule has 2 aromatic carbocycles. The number of hydrogen-bond acceptors (Lipinski definition) is 7. The third-order valence-electron chi connectivity index (χ3n) is 4.53. The average Bonchev–Trinajstić information content (AvgIpc) is 3.11. The minimum absolute atomic E-state index is 0.169. The molecule has 3 rings (SSSR count). The molecule has 1 heterocycles. The maximum atomic E-state index is 12.2. The number of methoxy groups -OCH3 is 1. The van der Waals surface area contributed by atoms with Crippen LogP contribution in [0.5, 0.6) is 5.75 Å². The predicted octanol–water partition coefficient (Wildman–Crippen LogP) is 3.53. The number of carbonyl (C=O) groups excluding carboxylic acids is 2. The molecular formula is C22H24N4O4S. The van der Waals surface area contributed by atoms with Crippen LogP contribution >= 0.6 is 11.8 Å². The number of nitrogens with one attached hydrogen (secondary N) is 1. The molecule has 1 N–H and O–H groups in total. The smallest absolute Gasteiger partial charge is 0.337 e. The third-order valence-corrected chi connectivity index (χ3v) is 5.55. The van der Waals surface area contributed by atoms with Crippen LogP contribution in [-0.2, 0) is 23.2 Å². The van der Waals surface area contributed by atoms with Gasteiger partial charge in [-0.3, -0.25) is 4.79 Å². The maximum Gasteiger partial charge on any atom is 0.337 e. The van der Waals surface area contributed by atoms with Crippen molar-refractivity contribution >= 4 is 29.3 Å². The van der Waals surface area contributed by atoms with Gasteiger partial charge in [-0.25, -0.2) is 4.79 Å². The Hall–Kier alpha value is -3.33. The van der Waals surface area contributed by atoms with Gasteiger partial charge in [0.1, 0.15) is 12.4 Å². The average molecular weight is 441 g/mol. The van der Waals surface area contributed by atoms with Crippen LogP contribution < -0.4 is 10.1 Å². The Morgan fingerprint density at radius 3 is 2.52 bits per heavy atom. The summed E-state index contributed by atoms with van der Waals surface area (Å²) in [5.41, 5.74) is 3.26. The Bertz CT molecular complexity index is 1080. The van der Waals surface area contributed by atoms with Crippen molar-refractivity contribution in [3.05, 3.63) is 65.0 Å². The van der Waals surface area contributed by atoms with Crippen LogP contribution in [0.3, 0.4) is 0 Å². The van der Waals surface area contributed by atoms with Crippen molar-refractivity contribution in [2.75, 3.05) is 18.2 Å². The van der Waals surface area contributed by atoms with Crippen LogP contribution in [-0.4, -0.2) is 39.5 Å². The SMILES string of the molecule is COC(=O)c1ccc(NC(=O)CSc2nnc(COc3ccc(C)cc3C)n2C)cc1.